The molecule has 32 heavy (non-hydrogen) atoms. The fourth-order valence-electron chi connectivity index (χ4n) is 4.55. The van der Waals surface area contributed by atoms with Crippen molar-refractivity contribution in [3.63, 3.8) is 0 Å². The third-order valence-corrected chi connectivity index (χ3v) is 5.86. The fraction of sp³-hybridized carbons (Fsp3) is 0.360. The Hall–Kier alpha value is -3.50. The molecule has 0 bridgehead atoms. The van der Waals surface area contributed by atoms with Crippen molar-refractivity contribution in [2.24, 2.45) is 7.05 Å². The molecule has 1 aliphatic rings. The number of benzene rings is 2. The number of nitriles is 1. The minimum atomic E-state index is 0.124. The standard InChI is InChI=1S/C25H27N7/c1-25(2,3)29-20-7-8-32(15-20)21-5-6-22-18(11-21)13-27-24(28-22)16-9-17(12-26)23-19(10-16)14-31(4)30-23/h5-6,9-11,13-14,20,29H,7-8,15H2,1-4H3/t20-/m0/s1. The van der Waals surface area contributed by atoms with Crippen LogP contribution in [0.25, 0.3) is 33.2 Å². The van der Waals surface area contributed by atoms with Crippen molar-refractivity contribution < 1.29 is 0 Å². The van der Waals surface area contributed by atoms with Gasteiger partial charge >= 0.3 is 0 Å². The summed E-state index contributed by atoms with van der Waals surface area (Å²) in [6.45, 7) is 8.69. The van der Waals surface area contributed by atoms with E-state index < -0.39 is 0 Å². The maximum absolute atomic E-state index is 9.55. The van der Waals surface area contributed by atoms with E-state index in [0.717, 1.165) is 41.4 Å². The lowest BCUT2D eigenvalue weighted by atomic mass is 10.1. The van der Waals surface area contributed by atoms with Gasteiger partial charge in [0.25, 0.3) is 0 Å². The predicted molar refractivity (Wildman–Crippen MR) is 127 cm³/mol. The Morgan fingerprint density at radius 1 is 1.16 bits per heavy atom. The molecule has 1 aliphatic heterocycles. The van der Waals surface area contributed by atoms with Crippen LogP contribution in [0, 0.1) is 11.3 Å². The normalized spacial score (nSPS) is 16.7. The van der Waals surface area contributed by atoms with E-state index in [2.05, 4.69) is 65.3 Å². The van der Waals surface area contributed by atoms with Crippen molar-refractivity contribution in [1.29, 1.82) is 5.26 Å². The van der Waals surface area contributed by atoms with Crippen LogP contribution in [0.4, 0.5) is 5.69 Å². The van der Waals surface area contributed by atoms with Gasteiger partial charge < -0.3 is 10.2 Å². The molecule has 7 heteroatoms. The molecular formula is C25H27N7. The van der Waals surface area contributed by atoms with Crippen molar-refractivity contribution in [3.8, 4) is 17.5 Å². The number of nitrogens with zero attached hydrogens (tertiary/aromatic N) is 6. The van der Waals surface area contributed by atoms with Gasteiger partial charge in [0, 0.05) is 66.1 Å². The molecular weight excluding hydrogens is 398 g/mol. The van der Waals surface area contributed by atoms with Crippen molar-refractivity contribution in [1.82, 2.24) is 25.1 Å². The first-order valence-electron chi connectivity index (χ1n) is 11.0. The zero-order chi connectivity index (χ0) is 22.5. The fourth-order valence-corrected chi connectivity index (χ4v) is 4.55. The van der Waals surface area contributed by atoms with Gasteiger partial charge in [-0.3, -0.25) is 4.68 Å². The third kappa shape index (κ3) is 3.90. The molecule has 1 atom stereocenters. The Balaban J connectivity index is 1.44. The molecule has 0 amide bonds. The van der Waals surface area contributed by atoms with Gasteiger partial charge in [0.1, 0.15) is 11.6 Å². The van der Waals surface area contributed by atoms with E-state index in [9.17, 15) is 5.26 Å². The lowest BCUT2D eigenvalue weighted by Gasteiger charge is -2.26. The smallest absolute Gasteiger partial charge is 0.159 e. The van der Waals surface area contributed by atoms with Crippen LogP contribution in [0.15, 0.2) is 42.7 Å². The average molecular weight is 426 g/mol. The van der Waals surface area contributed by atoms with Crippen LogP contribution in [0.5, 0.6) is 0 Å². The Morgan fingerprint density at radius 3 is 2.78 bits per heavy atom. The zero-order valence-corrected chi connectivity index (χ0v) is 18.9. The minimum Gasteiger partial charge on any atom is -0.370 e. The second-order valence-corrected chi connectivity index (χ2v) is 9.64. The number of rotatable bonds is 3. The number of hydrogen-bond acceptors (Lipinski definition) is 6. The molecule has 0 aliphatic carbocycles. The van der Waals surface area contributed by atoms with Gasteiger partial charge in [-0.25, -0.2) is 9.97 Å². The summed E-state index contributed by atoms with van der Waals surface area (Å²) >= 11 is 0. The molecule has 1 fully saturated rings. The van der Waals surface area contributed by atoms with Gasteiger partial charge in [0.05, 0.1) is 11.1 Å². The summed E-state index contributed by atoms with van der Waals surface area (Å²) in [5, 5.41) is 19.6. The Labute approximate surface area is 187 Å². The van der Waals surface area contributed by atoms with E-state index in [1.807, 2.05) is 31.6 Å². The second-order valence-electron chi connectivity index (χ2n) is 9.64. The lowest BCUT2D eigenvalue weighted by molar-refractivity contribution is 0.373. The van der Waals surface area contributed by atoms with E-state index in [-0.39, 0.29) is 5.54 Å². The molecule has 4 aromatic rings. The molecule has 0 radical (unpaired) electrons. The van der Waals surface area contributed by atoms with Gasteiger partial charge in [-0.05, 0) is 57.5 Å². The molecule has 1 saturated heterocycles. The molecule has 2 aromatic heterocycles. The first kappa shape index (κ1) is 20.4. The van der Waals surface area contributed by atoms with Gasteiger partial charge in [-0.1, -0.05) is 0 Å². The Morgan fingerprint density at radius 2 is 2.00 bits per heavy atom. The first-order valence-corrected chi connectivity index (χ1v) is 11.0. The van der Waals surface area contributed by atoms with Crippen LogP contribution in [-0.2, 0) is 7.05 Å². The molecule has 3 heterocycles. The highest BCUT2D eigenvalue weighted by Crippen LogP contribution is 2.28. The minimum absolute atomic E-state index is 0.124. The number of anilines is 1. The summed E-state index contributed by atoms with van der Waals surface area (Å²) in [5.74, 6) is 0.614. The van der Waals surface area contributed by atoms with E-state index >= 15 is 0 Å². The first-order chi connectivity index (χ1) is 15.3. The van der Waals surface area contributed by atoms with Crippen molar-refractivity contribution in [3.05, 3.63) is 48.3 Å². The third-order valence-electron chi connectivity index (χ3n) is 5.86. The highest BCUT2D eigenvalue weighted by atomic mass is 15.2. The Bertz CT molecular complexity index is 1360. The highest BCUT2D eigenvalue weighted by molar-refractivity contribution is 5.89. The molecule has 5 rings (SSSR count). The largest absolute Gasteiger partial charge is 0.370 e. The SMILES string of the molecule is Cn1cc2cc(-c3ncc4cc(N5CC[C@H](NC(C)(C)C)C5)ccc4n3)cc(C#N)c2n1. The Kier molecular flexibility index (Phi) is 4.83. The maximum Gasteiger partial charge on any atom is 0.159 e. The van der Waals surface area contributed by atoms with Crippen molar-refractivity contribution in [2.75, 3.05) is 18.0 Å². The van der Waals surface area contributed by atoms with Crippen LogP contribution in [0.3, 0.4) is 0 Å². The van der Waals surface area contributed by atoms with Gasteiger partial charge in [-0.15, -0.1) is 0 Å². The van der Waals surface area contributed by atoms with Crippen LogP contribution >= 0.6 is 0 Å². The number of aromatic nitrogens is 4. The van der Waals surface area contributed by atoms with Crippen LogP contribution in [0.2, 0.25) is 0 Å². The summed E-state index contributed by atoms with van der Waals surface area (Å²) < 4.78 is 1.72. The predicted octanol–water partition coefficient (Wildman–Crippen LogP) is 4.02. The lowest BCUT2D eigenvalue weighted by Crippen LogP contribution is -2.44. The van der Waals surface area contributed by atoms with E-state index in [1.165, 1.54) is 5.69 Å². The number of fused-ring (bicyclic) bond motifs is 2. The van der Waals surface area contributed by atoms with Gasteiger partial charge in [0.2, 0.25) is 0 Å². The summed E-state index contributed by atoms with van der Waals surface area (Å²) in [6, 6.07) is 12.9. The number of aryl methyl sites for hydroxylation is 1. The van der Waals surface area contributed by atoms with Gasteiger partial charge in [0.15, 0.2) is 5.82 Å². The second kappa shape index (κ2) is 7.57. The molecule has 7 nitrogen and oxygen atoms in total. The summed E-state index contributed by atoms with van der Waals surface area (Å²) in [4.78, 5) is 11.8. The molecule has 0 unspecified atom stereocenters. The molecule has 0 saturated carbocycles. The summed E-state index contributed by atoms with van der Waals surface area (Å²) in [5.41, 5.74) is 4.28. The van der Waals surface area contributed by atoms with E-state index in [4.69, 9.17) is 4.98 Å². The average Bonchev–Trinajstić information content (AvgIpc) is 3.36. The van der Waals surface area contributed by atoms with E-state index in [1.54, 1.807) is 4.68 Å². The van der Waals surface area contributed by atoms with Crippen LogP contribution < -0.4 is 10.2 Å². The topological polar surface area (TPSA) is 82.7 Å². The van der Waals surface area contributed by atoms with Crippen molar-refractivity contribution in [2.45, 2.75) is 38.8 Å². The number of nitrogens with one attached hydrogen (secondary N) is 1. The van der Waals surface area contributed by atoms with E-state index in [0.29, 0.717) is 22.9 Å². The molecule has 1 N–H and O–H groups in total. The summed E-state index contributed by atoms with van der Waals surface area (Å²) in [7, 11) is 1.85. The maximum atomic E-state index is 9.55. The summed E-state index contributed by atoms with van der Waals surface area (Å²) in [6.07, 6.45) is 4.93. The van der Waals surface area contributed by atoms with Crippen molar-refractivity contribution >= 4 is 27.5 Å². The number of hydrogen-bond donors (Lipinski definition) is 1. The van der Waals surface area contributed by atoms with Crippen LogP contribution in [-0.4, -0.2) is 44.4 Å². The van der Waals surface area contributed by atoms with Crippen LogP contribution in [0.1, 0.15) is 32.8 Å². The molecule has 162 valence electrons. The molecule has 0 spiro atoms. The monoisotopic (exact) mass is 425 g/mol. The quantitative estimate of drug-likeness (QED) is 0.534. The van der Waals surface area contributed by atoms with Gasteiger partial charge in [-0.2, -0.15) is 10.4 Å². The zero-order valence-electron chi connectivity index (χ0n) is 18.9. The highest BCUT2D eigenvalue weighted by Gasteiger charge is 2.26. The molecule has 2 aromatic carbocycles.